The molecule has 1 rings (SSSR count). The van der Waals surface area contributed by atoms with Gasteiger partial charge in [0.05, 0.1) is 12.1 Å². The summed E-state index contributed by atoms with van der Waals surface area (Å²) in [6.07, 6.45) is 0.493. The normalized spacial score (nSPS) is 10.3. The van der Waals surface area contributed by atoms with Gasteiger partial charge in [-0.15, -0.1) is 0 Å². The van der Waals surface area contributed by atoms with E-state index in [1.165, 1.54) is 0 Å². The van der Waals surface area contributed by atoms with Crippen LogP contribution in [-0.4, -0.2) is 0 Å². The first-order chi connectivity index (χ1) is 6.61. The topological polar surface area (TPSA) is 47.6 Å². The molecule has 2 nitrogen and oxygen atoms in total. The third-order valence-electron chi connectivity index (χ3n) is 2.30. The summed E-state index contributed by atoms with van der Waals surface area (Å²) in [5.41, 5.74) is 1.29. The summed E-state index contributed by atoms with van der Waals surface area (Å²) in [5, 5.41) is 17.7. The zero-order valence-corrected chi connectivity index (χ0v) is 8.41. The number of rotatable bonds is 2. The molecule has 0 heterocycles. The maximum atomic E-state index is 8.86. The van der Waals surface area contributed by atoms with Crippen molar-refractivity contribution in [3.63, 3.8) is 0 Å². The minimum atomic E-state index is -0.911. The standard InChI is InChI=1S/C12H12N2/c1-10-5-3-4-6-11(10)7-12(2,8-13)9-14/h3-6H,7H2,1-2H3. The highest BCUT2D eigenvalue weighted by Crippen LogP contribution is 2.22. The van der Waals surface area contributed by atoms with Crippen LogP contribution in [0.1, 0.15) is 18.1 Å². The molecule has 0 aliphatic heterocycles. The number of hydrogen-bond donors (Lipinski definition) is 0. The minimum absolute atomic E-state index is 0.493. The molecule has 0 atom stereocenters. The molecular weight excluding hydrogens is 172 g/mol. The average Bonchev–Trinajstić information content (AvgIpc) is 2.21. The van der Waals surface area contributed by atoms with Crippen molar-refractivity contribution in [1.82, 2.24) is 0 Å². The zero-order chi connectivity index (χ0) is 10.6. The summed E-state index contributed by atoms with van der Waals surface area (Å²) in [4.78, 5) is 0. The average molecular weight is 184 g/mol. The van der Waals surface area contributed by atoms with Gasteiger partial charge < -0.3 is 0 Å². The van der Waals surface area contributed by atoms with E-state index >= 15 is 0 Å². The van der Waals surface area contributed by atoms with Gasteiger partial charge in [0.15, 0.2) is 0 Å². The Labute approximate surface area is 84.4 Å². The number of nitrogens with zero attached hydrogens (tertiary/aromatic N) is 2. The van der Waals surface area contributed by atoms with Crippen LogP contribution < -0.4 is 0 Å². The Balaban J connectivity index is 2.97. The molecule has 70 valence electrons. The molecule has 2 heteroatoms. The van der Waals surface area contributed by atoms with Crippen LogP contribution in [0.5, 0.6) is 0 Å². The second-order valence-electron chi connectivity index (χ2n) is 3.66. The first kappa shape index (κ1) is 10.3. The lowest BCUT2D eigenvalue weighted by molar-refractivity contribution is 0.579. The molecule has 0 fully saturated rings. The van der Waals surface area contributed by atoms with Gasteiger partial charge in [-0.25, -0.2) is 0 Å². The maximum Gasteiger partial charge on any atom is 0.145 e. The number of nitriles is 2. The molecule has 0 aliphatic carbocycles. The summed E-state index contributed by atoms with van der Waals surface area (Å²) < 4.78 is 0. The maximum absolute atomic E-state index is 8.86. The van der Waals surface area contributed by atoms with E-state index in [1.807, 2.05) is 43.3 Å². The van der Waals surface area contributed by atoms with Crippen LogP contribution in [-0.2, 0) is 6.42 Å². The van der Waals surface area contributed by atoms with Gasteiger partial charge in [0.2, 0.25) is 0 Å². The van der Waals surface area contributed by atoms with Crippen LogP contribution >= 0.6 is 0 Å². The van der Waals surface area contributed by atoms with Crippen molar-refractivity contribution < 1.29 is 0 Å². The molecule has 14 heavy (non-hydrogen) atoms. The van der Waals surface area contributed by atoms with Gasteiger partial charge in [-0.2, -0.15) is 10.5 Å². The zero-order valence-electron chi connectivity index (χ0n) is 8.41. The number of hydrogen-bond acceptors (Lipinski definition) is 2. The molecule has 0 N–H and O–H groups in total. The van der Waals surface area contributed by atoms with Gasteiger partial charge in [0.25, 0.3) is 0 Å². The molecule has 0 radical (unpaired) electrons. The summed E-state index contributed by atoms with van der Waals surface area (Å²) >= 11 is 0. The lowest BCUT2D eigenvalue weighted by Crippen LogP contribution is -2.14. The predicted molar refractivity (Wildman–Crippen MR) is 54.2 cm³/mol. The molecule has 0 saturated carbocycles. The molecule has 0 spiro atoms. The smallest absolute Gasteiger partial charge is 0.145 e. The van der Waals surface area contributed by atoms with Crippen LogP contribution in [0.25, 0.3) is 0 Å². The van der Waals surface area contributed by atoms with Gasteiger partial charge in [0.1, 0.15) is 5.41 Å². The molecule has 1 aromatic carbocycles. The van der Waals surface area contributed by atoms with Gasteiger partial charge in [0, 0.05) is 6.42 Å². The summed E-state index contributed by atoms with van der Waals surface area (Å²) in [6, 6.07) is 11.9. The minimum Gasteiger partial charge on any atom is -0.197 e. The SMILES string of the molecule is Cc1ccccc1CC(C)(C#N)C#N. The lowest BCUT2D eigenvalue weighted by Gasteiger charge is -2.13. The van der Waals surface area contributed by atoms with Crippen molar-refractivity contribution in [2.24, 2.45) is 5.41 Å². The molecule has 0 bridgehead atoms. The fourth-order valence-corrected chi connectivity index (χ4v) is 1.29. The summed E-state index contributed by atoms with van der Waals surface area (Å²) in [6.45, 7) is 3.66. The molecule has 0 saturated heterocycles. The van der Waals surface area contributed by atoms with Crippen LogP contribution in [0.4, 0.5) is 0 Å². The van der Waals surface area contributed by atoms with Crippen LogP contribution in [0, 0.1) is 35.0 Å². The molecule has 0 aromatic heterocycles. The van der Waals surface area contributed by atoms with E-state index in [4.69, 9.17) is 10.5 Å². The quantitative estimate of drug-likeness (QED) is 0.709. The molecular formula is C12H12N2. The lowest BCUT2D eigenvalue weighted by atomic mass is 9.85. The van der Waals surface area contributed by atoms with Crippen molar-refractivity contribution in [3.8, 4) is 12.1 Å². The van der Waals surface area contributed by atoms with Gasteiger partial charge in [-0.3, -0.25) is 0 Å². The van der Waals surface area contributed by atoms with Crippen molar-refractivity contribution in [2.45, 2.75) is 20.3 Å². The van der Waals surface area contributed by atoms with E-state index < -0.39 is 5.41 Å². The Morgan fingerprint density at radius 2 is 1.79 bits per heavy atom. The molecule has 0 aliphatic rings. The van der Waals surface area contributed by atoms with Gasteiger partial charge >= 0.3 is 0 Å². The van der Waals surface area contributed by atoms with Crippen molar-refractivity contribution in [2.75, 3.05) is 0 Å². The largest absolute Gasteiger partial charge is 0.197 e. The predicted octanol–water partition coefficient (Wildman–Crippen LogP) is 2.59. The van der Waals surface area contributed by atoms with E-state index in [9.17, 15) is 0 Å². The van der Waals surface area contributed by atoms with Crippen LogP contribution in [0.15, 0.2) is 24.3 Å². The number of aryl methyl sites for hydroxylation is 1. The van der Waals surface area contributed by atoms with Crippen LogP contribution in [0.3, 0.4) is 0 Å². The van der Waals surface area contributed by atoms with E-state index in [2.05, 4.69) is 0 Å². The third kappa shape index (κ3) is 2.12. The Hall–Kier alpha value is -1.80. The highest BCUT2D eigenvalue weighted by molar-refractivity contribution is 5.30. The molecule has 1 aromatic rings. The van der Waals surface area contributed by atoms with Crippen molar-refractivity contribution in [1.29, 1.82) is 10.5 Å². The fraction of sp³-hybridized carbons (Fsp3) is 0.333. The fourth-order valence-electron chi connectivity index (χ4n) is 1.29. The number of benzene rings is 1. The van der Waals surface area contributed by atoms with Crippen molar-refractivity contribution in [3.05, 3.63) is 35.4 Å². The molecule has 0 unspecified atom stereocenters. The van der Waals surface area contributed by atoms with Crippen LogP contribution in [0.2, 0.25) is 0 Å². The van der Waals surface area contributed by atoms with E-state index in [-0.39, 0.29) is 0 Å². The Morgan fingerprint density at radius 3 is 2.29 bits per heavy atom. The summed E-state index contributed by atoms with van der Waals surface area (Å²) in [7, 11) is 0. The van der Waals surface area contributed by atoms with Crippen molar-refractivity contribution >= 4 is 0 Å². The third-order valence-corrected chi connectivity index (χ3v) is 2.30. The first-order valence-electron chi connectivity index (χ1n) is 4.48. The summed E-state index contributed by atoms with van der Waals surface area (Å²) in [5.74, 6) is 0. The Bertz CT molecular complexity index is 393. The second-order valence-corrected chi connectivity index (χ2v) is 3.66. The Kier molecular flexibility index (Phi) is 2.89. The van der Waals surface area contributed by atoms with E-state index in [1.54, 1.807) is 6.92 Å². The monoisotopic (exact) mass is 184 g/mol. The first-order valence-corrected chi connectivity index (χ1v) is 4.48. The highest BCUT2D eigenvalue weighted by Gasteiger charge is 2.24. The highest BCUT2D eigenvalue weighted by atomic mass is 14.4. The van der Waals surface area contributed by atoms with Gasteiger partial charge in [-0.05, 0) is 25.0 Å². The second kappa shape index (κ2) is 3.94. The Morgan fingerprint density at radius 1 is 1.21 bits per heavy atom. The van der Waals surface area contributed by atoms with Gasteiger partial charge in [-0.1, -0.05) is 24.3 Å². The van der Waals surface area contributed by atoms with E-state index in [0.29, 0.717) is 6.42 Å². The van der Waals surface area contributed by atoms with E-state index in [0.717, 1.165) is 11.1 Å². The molecule has 0 amide bonds.